The molecule has 0 aromatic heterocycles. The molecule has 0 aromatic rings. The Morgan fingerprint density at radius 1 is 1.00 bits per heavy atom. The fraction of sp³-hybridized carbons (Fsp3) is 1.00. The Kier molecular flexibility index (Phi) is 10.5. The van der Waals surface area contributed by atoms with Crippen molar-refractivity contribution in [3.63, 3.8) is 0 Å². The van der Waals surface area contributed by atoms with Crippen LogP contribution in [0.3, 0.4) is 0 Å². The van der Waals surface area contributed by atoms with Gasteiger partial charge in [-0.3, -0.25) is 4.55 Å². The van der Waals surface area contributed by atoms with Gasteiger partial charge in [-0.1, -0.05) is 32.1 Å². The average Bonchev–Trinajstić information content (AvgIpc) is 2.19. The van der Waals surface area contributed by atoms with Gasteiger partial charge in [0.05, 0.1) is 0 Å². The maximum Gasteiger partial charge on any atom is 0.408 e. The Morgan fingerprint density at radius 3 is 2.00 bits per heavy atom. The van der Waals surface area contributed by atoms with E-state index in [1.165, 1.54) is 19.3 Å². The molecule has 0 rings (SSSR count). The molecule has 3 N–H and O–H groups in total. The van der Waals surface area contributed by atoms with Crippen LogP contribution in [0.25, 0.3) is 0 Å². The highest BCUT2D eigenvalue weighted by molar-refractivity contribution is 8.02. The summed E-state index contributed by atoms with van der Waals surface area (Å²) in [5.74, 6) is 0.586. The summed E-state index contributed by atoms with van der Waals surface area (Å²) in [6, 6.07) is 0. The molecule has 0 saturated carbocycles. The zero-order valence-corrected chi connectivity index (χ0v) is 11.1. The van der Waals surface area contributed by atoms with Gasteiger partial charge in [0, 0.05) is 17.8 Å². The molecule has 0 spiro atoms. The minimum Gasteiger partial charge on any atom is -0.330 e. The van der Waals surface area contributed by atoms with Gasteiger partial charge in [0.2, 0.25) is 0 Å². The molecule has 0 aliphatic carbocycles. The molecule has 5 nitrogen and oxygen atoms in total. The van der Waals surface area contributed by atoms with Crippen LogP contribution < -0.4 is 5.73 Å². The lowest BCUT2D eigenvalue weighted by Crippen LogP contribution is -1.98. The van der Waals surface area contributed by atoms with Crippen LogP contribution >= 0.6 is 12.0 Å². The fourth-order valence-electron chi connectivity index (χ4n) is 1.28. The van der Waals surface area contributed by atoms with E-state index < -0.39 is 10.4 Å². The first-order chi connectivity index (χ1) is 7.56. The number of rotatable bonds is 11. The summed E-state index contributed by atoms with van der Waals surface area (Å²) in [4.78, 5) is 0. The Bertz CT molecular complexity index is 244. The first kappa shape index (κ1) is 16.2. The standard InChI is InChI=1S/C9H21NO4S2/c10-8-6-4-2-1-3-5-7-9-15-14-16(11,12)13/h1-10H2,(H,11,12,13). The predicted molar refractivity (Wildman–Crippen MR) is 66.5 cm³/mol. The van der Waals surface area contributed by atoms with Crippen LogP contribution in [-0.2, 0) is 14.0 Å². The van der Waals surface area contributed by atoms with Crippen LogP contribution in [0, 0.1) is 0 Å². The van der Waals surface area contributed by atoms with Crippen molar-refractivity contribution < 1.29 is 16.6 Å². The molecular formula is C9H21NO4S2. The van der Waals surface area contributed by atoms with Crippen molar-refractivity contribution >= 4 is 22.4 Å². The normalized spacial score (nSPS) is 11.9. The molecule has 16 heavy (non-hydrogen) atoms. The van der Waals surface area contributed by atoms with Crippen molar-refractivity contribution in [3.05, 3.63) is 0 Å². The van der Waals surface area contributed by atoms with Gasteiger partial charge in [-0.25, -0.2) is 0 Å². The topological polar surface area (TPSA) is 89.6 Å². The minimum absolute atomic E-state index is 0.586. The summed E-state index contributed by atoms with van der Waals surface area (Å²) >= 11 is 0.778. The minimum atomic E-state index is -4.28. The summed E-state index contributed by atoms with van der Waals surface area (Å²) < 4.78 is 32.7. The van der Waals surface area contributed by atoms with Gasteiger partial charge in [0.15, 0.2) is 0 Å². The average molecular weight is 271 g/mol. The molecule has 0 atom stereocenters. The van der Waals surface area contributed by atoms with Gasteiger partial charge in [-0.05, 0) is 19.4 Å². The van der Waals surface area contributed by atoms with Crippen LogP contribution in [0.1, 0.15) is 44.9 Å². The first-order valence-corrected chi connectivity index (χ1v) is 7.82. The quantitative estimate of drug-likeness (QED) is 0.340. The number of hydrogen-bond donors (Lipinski definition) is 2. The van der Waals surface area contributed by atoms with E-state index >= 15 is 0 Å². The van der Waals surface area contributed by atoms with Gasteiger partial charge in [-0.15, -0.1) is 0 Å². The summed E-state index contributed by atoms with van der Waals surface area (Å²) in [5.41, 5.74) is 5.37. The Morgan fingerprint density at radius 2 is 1.50 bits per heavy atom. The number of unbranched alkanes of at least 4 members (excludes halogenated alkanes) is 6. The second-order valence-electron chi connectivity index (χ2n) is 3.58. The third-order valence-electron chi connectivity index (χ3n) is 2.07. The van der Waals surface area contributed by atoms with E-state index in [1.807, 2.05) is 0 Å². The fourth-order valence-corrected chi connectivity index (χ4v) is 2.36. The summed E-state index contributed by atoms with van der Waals surface area (Å²) in [5, 5.41) is 0. The highest BCUT2D eigenvalue weighted by Crippen LogP contribution is 2.12. The van der Waals surface area contributed by atoms with E-state index in [2.05, 4.69) is 3.63 Å². The Hall–Kier alpha value is 0.180. The lowest BCUT2D eigenvalue weighted by molar-refractivity contribution is 0.407. The second kappa shape index (κ2) is 10.3. The molecule has 0 saturated heterocycles. The molecule has 0 amide bonds. The van der Waals surface area contributed by atoms with Crippen LogP contribution in [0.2, 0.25) is 0 Å². The van der Waals surface area contributed by atoms with Crippen molar-refractivity contribution in [2.75, 3.05) is 12.3 Å². The van der Waals surface area contributed by atoms with Crippen LogP contribution in [0.4, 0.5) is 0 Å². The van der Waals surface area contributed by atoms with Crippen molar-refractivity contribution in [3.8, 4) is 0 Å². The maximum atomic E-state index is 10.2. The zero-order chi connectivity index (χ0) is 12.3. The molecule has 98 valence electrons. The third kappa shape index (κ3) is 14.2. The second-order valence-corrected chi connectivity index (χ2v) is 5.63. The van der Waals surface area contributed by atoms with Gasteiger partial charge < -0.3 is 5.73 Å². The number of hydrogen-bond acceptors (Lipinski definition) is 5. The van der Waals surface area contributed by atoms with E-state index in [-0.39, 0.29) is 0 Å². The lowest BCUT2D eigenvalue weighted by atomic mass is 10.1. The van der Waals surface area contributed by atoms with Gasteiger partial charge in [0.1, 0.15) is 0 Å². The lowest BCUT2D eigenvalue weighted by Gasteiger charge is -2.01. The predicted octanol–water partition coefficient (Wildman–Crippen LogP) is 2.14. The zero-order valence-electron chi connectivity index (χ0n) is 9.43. The summed E-state index contributed by atoms with van der Waals surface area (Å²) in [6.07, 6.45) is 7.81. The van der Waals surface area contributed by atoms with Crippen LogP contribution in [0.5, 0.6) is 0 Å². The molecule has 0 radical (unpaired) electrons. The van der Waals surface area contributed by atoms with Gasteiger partial charge >= 0.3 is 10.4 Å². The Balaban J connectivity index is 3.05. The van der Waals surface area contributed by atoms with E-state index in [9.17, 15) is 8.42 Å². The number of nitrogens with two attached hydrogens (primary N) is 1. The maximum absolute atomic E-state index is 10.2. The van der Waals surface area contributed by atoms with Gasteiger partial charge in [-0.2, -0.15) is 12.0 Å². The molecule has 0 unspecified atom stereocenters. The molecule has 0 bridgehead atoms. The van der Waals surface area contributed by atoms with Crippen molar-refractivity contribution in [2.45, 2.75) is 44.9 Å². The largest absolute Gasteiger partial charge is 0.408 e. The smallest absolute Gasteiger partial charge is 0.330 e. The molecule has 0 heterocycles. The van der Waals surface area contributed by atoms with E-state index in [1.54, 1.807) is 0 Å². The summed E-state index contributed by atoms with van der Waals surface area (Å²) in [6.45, 7) is 0.767. The van der Waals surface area contributed by atoms with E-state index in [4.69, 9.17) is 10.3 Å². The van der Waals surface area contributed by atoms with Crippen molar-refractivity contribution in [2.24, 2.45) is 5.73 Å². The first-order valence-electron chi connectivity index (χ1n) is 5.55. The Labute approximate surface area is 102 Å². The highest BCUT2D eigenvalue weighted by Gasteiger charge is 2.03. The monoisotopic (exact) mass is 271 g/mol. The molecular weight excluding hydrogens is 250 g/mol. The molecule has 0 aliphatic rings. The van der Waals surface area contributed by atoms with Crippen molar-refractivity contribution in [1.82, 2.24) is 0 Å². The molecule has 0 aromatic carbocycles. The molecule has 0 aliphatic heterocycles. The third-order valence-corrected chi connectivity index (χ3v) is 3.59. The van der Waals surface area contributed by atoms with E-state index in [0.29, 0.717) is 5.75 Å². The molecule has 7 heteroatoms. The van der Waals surface area contributed by atoms with Crippen LogP contribution in [-0.4, -0.2) is 25.3 Å². The van der Waals surface area contributed by atoms with Crippen molar-refractivity contribution in [1.29, 1.82) is 0 Å². The van der Waals surface area contributed by atoms with Crippen LogP contribution in [0.15, 0.2) is 0 Å². The van der Waals surface area contributed by atoms with E-state index in [0.717, 1.165) is 44.3 Å². The molecule has 0 fully saturated rings. The highest BCUT2D eigenvalue weighted by atomic mass is 32.3. The SMILES string of the molecule is NCCCCCCCCCSOS(=O)(=O)O. The summed E-state index contributed by atoms with van der Waals surface area (Å²) in [7, 11) is -4.28. The van der Waals surface area contributed by atoms with Gasteiger partial charge in [0.25, 0.3) is 0 Å².